The zero-order chi connectivity index (χ0) is 10.0. The Balaban J connectivity index is 2.01. The van der Waals surface area contributed by atoms with Gasteiger partial charge in [-0.2, -0.15) is 11.8 Å². The van der Waals surface area contributed by atoms with Crippen molar-refractivity contribution in [1.29, 1.82) is 0 Å². The van der Waals surface area contributed by atoms with E-state index in [1.165, 1.54) is 24.3 Å². The van der Waals surface area contributed by atoms with Crippen LogP contribution in [0.15, 0.2) is 0 Å². The fourth-order valence-electron chi connectivity index (χ4n) is 2.44. The Morgan fingerprint density at radius 1 is 1.43 bits per heavy atom. The van der Waals surface area contributed by atoms with Gasteiger partial charge in [0, 0.05) is 12.1 Å². The van der Waals surface area contributed by atoms with Crippen LogP contribution >= 0.6 is 11.8 Å². The first-order valence-corrected chi connectivity index (χ1v) is 6.50. The van der Waals surface area contributed by atoms with Gasteiger partial charge in [-0.1, -0.05) is 0 Å². The summed E-state index contributed by atoms with van der Waals surface area (Å²) in [6.45, 7) is 3.03. The predicted octanol–water partition coefficient (Wildman–Crippen LogP) is 1.59. The molecule has 4 heteroatoms. The van der Waals surface area contributed by atoms with E-state index in [1.54, 1.807) is 0 Å². The van der Waals surface area contributed by atoms with Crippen LogP contribution in [0.2, 0.25) is 0 Å². The van der Waals surface area contributed by atoms with Gasteiger partial charge >= 0.3 is 6.03 Å². The second-order valence-electron chi connectivity index (χ2n) is 4.44. The van der Waals surface area contributed by atoms with E-state index >= 15 is 0 Å². The highest BCUT2D eigenvalue weighted by molar-refractivity contribution is 7.99. The number of thioether (sulfide) groups is 1. The smallest absolute Gasteiger partial charge is 0.315 e. The first-order chi connectivity index (χ1) is 6.71. The quantitative estimate of drug-likeness (QED) is 0.696. The molecular weight excluding hydrogens is 196 g/mol. The van der Waals surface area contributed by atoms with Gasteiger partial charge in [-0.15, -0.1) is 0 Å². The highest BCUT2D eigenvalue weighted by atomic mass is 32.2. The maximum Gasteiger partial charge on any atom is 0.315 e. The normalized spacial score (nSPS) is 34.8. The van der Waals surface area contributed by atoms with Crippen molar-refractivity contribution in [2.24, 2.45) is 5.92 Å². The van der Waals surface area contributed by atoms with Gasteiger partial charge in [0.1, 0.15) is 0 Å². The summed E-state index contributed by atoms with van der Waals surface area (Å²) < 4.78 is 0. The van der Waals surface area contributed by atoms with Crippen molar-refractivity contribution in [3.05, 3.63) is 0 Å². The lowest BCUT2D eigenvalue weighted by atomic mass is 9.78. The molecule has 0 spiro atoms. The van der Waals surface area contributed by atoms with E-state index < -0.39 is 0 Å². The van der Waals surface area contributed by atoms with Crippen LogP contribution in [-0.2, 0) is 0 Å². The van der Waals surface area contributed by atoms with Gasteiger partial charge < -0.3 is 10.6 Å². The Kier molecular flexibility index (Phi) is 2.91. The molecule has 3 nitrogen and oxygen atoms in total. The number of hydrogen-bond donors (Lipinski definition) is 2. The molecule has 2 saturated heterocycles. The van der Waals surface area contributed by atoms with Crippen molar-refractivity contribution >= 4 is 17.8 Å². The molecule has 2 fully saturated rings. The molecule has 1 atom stereocenters. The Hall–Kier alpha value is -0.380. The minimum atomic E-state index is 0.0111. The molecule has 0 aromatic heterocycles. The van der Waals surface area contributed by atoms with E-state index in [0.717, 1.165) is 13.0 Å². The second-order valence-corrected chi connectivity index (χ2v) is 5.66. The first kappa shape index (κ1) is 10.1. The summed E-state index contributed by atoms with van der Waals surface area (Å²) in [4.78, 5) is 11.3. The van der Waals surface area contributed by atoms with Crippen molar-refractivity contribution in [3.8, 4) is 0 Å². The summed E-state index contributed by atoms with van der Waals surface area (Å²) in [6, 6.07) is 0.0111. The molecule has 14 heavy (non-hydrogen) atoms. The number of urea groups is 1. The number of amides is 2. The van der Waals surface area contributed by atoms with Crippen LogP contribution in [-0.4, -0.2) is 29.6 Å². The number of carbonyl (C=O) groups is 1. The van der Waals surface area contributed by atoms with E-state index in [0.29, 0.717) is 5.92 Å². The van der Waals surface area contributed by atoms with Crippen molar-refractivity contribution < 1.29 is 4.79 Å². The van der Waals surface area contributed by atoms with Crippen LogP contribution in [0.5, 0.6) is 0 Å². The zero-order valence-corrected chi connectivity index (χ0v) is 9.45. The summed E-state index contributed by atoms with van der Waals surface area (Å²) in [5.41, 5.74) is 0.0450. The van der Waals surface area contributed by atoms with Gasteiger partial charge in [0.05, 0.1) is 0 Å². The van der Waals surface area contributed by atoms with Crippen molar-refractivity contribution in [2.75, 3.05) is 18.1 Å². The lowest BCUT2D eigenvalue weighted by Gasteiger charge is -2.43. The molecule has 80 valence electrons. The van der Waals surface area contributed by atoms with E-state index in [9.17, 15) is 4.79 Å². The average Bonchev–Trinajstić information content (AvgIpc) is 2.19. The highest BCUT2D eigenvalue weighted by Gasteiger charge is 2.38. The molecule has 0 radical (unpaired) electrons. The third kappa shape index (κ3) is 2.00. The van der Waals surface area contributed by atoms with Crippen LogP contribution in [0.4, 0.5) is 4.79 Å². The summed E-state index contributed by atoms with van der Waals surface area (Å²) >= 11 is 2.03. The SMILES string of the molecule is CC1(C2CCSCC2)CCNC(=O)N1. The minimum Gasteiger partial charge on any atom is -0.338 e. The van der Waals surface area contributed by atoms with Gasteiger partial charge in [0.15, 0.2) is 0 Å². The van der Waals surface area contributed by atoms with Crippen LogP contribution in [0, 0.1) is 5.92 Å². The topological polar surface area (TPSA) is 41.1 Å². The van der Waals surface area contributed by atoms with Gasteiger partial charge in [-0.05, 0) is 43.6 Å². The second kappa shape index (κ2) is 4.01. The number of carbonyl (C=O) groups excluding carboxylic acids is 1. The predicted molar refractivity (Wildman–Crippen MR) is 59.6 cm³/mol. The fraction of sp³-hybridized carbons (Fsp3) is 0.900. The third-order valence-corrected chi connectivity index (χ3v) is 4.50. The first-order valence-electron chi connectivity index (χ1n) is 5.34. The monoisotopic (exact) mass is 214 g/mol. The molecule has 0 aromatic carbocycles. The van der Waals surface area contributed by atoms with Crippen molar-refractivity contribution in [1.82, 2.24) is 10.6 Å². The molecular formula is C10H18N2OS. The average molecular weight is 214 g/mol. The molecule has 0 bridgehead atoms. The van der Waals surface area contributed by atoms with Crippen molar-refractivity contribution in [3.63, 3.8) is 0 Å². The number of rotatable bonds is 1. The van der Waals surface area contributed by atoms with Crippen LogP contribution in [0.3, 0.4) is 0 Å². The third-order valence-electron chi connectivity index (χ3n) is 3.45. The maximum absolute atomic E-state index is 11.3. The Morgan fingerprint density at radius 2 is 2.14 bits per heavy atom. The highest BCUT2D eigenvalue weighted by Crippen LogP contribution is 2.34. The van der Waals surface area contributed by atoms with Gasteiger partial charge in [-0.3, -0.25) is 0 Å². The van der Waals surface area contributed by atoms with E-state index in [1.807, 2.05) is 11.8 Å². The number of nitrogens with one attached hydrogen (secondary N) is 2. The maximum atomic E-state index is 11.3. The van der Waals surface area contributed by atoms with Gasteiger partial charge in [0.2, 0.25) is 0 Å². The summed E-state index contributed by atoms with van der Waals surface area (Å²) in [5.74, 6) is 3.18. The molecule has 2 aliphatic rings. The lowest BCUT2D eigenvalue weighted by Crippen LogP contribution is -2.60. The summed E-state index contributed by atoms with van der Waals surface area (Å²) in [5, 5.41) is 5.92. The van der Waals surface area contributed by atoms with Crippen LogP contribution in [0.25, 0.3) is 0 Å². The van der Waals surface area contributed by atoms with Gasteiger partial charge in [0.25, 0.3) is 0 Å². The Bertz CT molecular complexity index is 228. The lowest BCUT2D eigenvalue weighted by molar-refractivity contribution is 0.169. The summed E-state index contributed by atoms with van der Waals surface area (Å²) in [7, 11) is 0. The molecule has 1 unspecified atom stereocenters. The molecule has 2 rings (SSSR count). The van der Waals surface area contributed by atoms with E-state index in [2.05, 4.69) is 17.6 Å². The molecule has 0 saturated carbocycles. The van der Waals surface area contributed by atoms with Crippen LogP contribution < -0.4 is 10.6 Å². The molecule has 2 N–H and O–H groups in total. The number of hydrogen-bond acceptors (Lipinski definition) is 2. The summed E-state index contributed by atoms with van der Waals surface area (Å²) in [6.07, 6.45) is 3.57. The van der Waals surface area contributed by atoms with E-state index in [-0.39, 0.29) is 11.6 Å². The van der Waals surface area contributed by atoms with E-state index in [4.69, 9.17) is 0 Å². The minimum absolute atomic E-state index is 0.0111. The van der Waals surface area contributed by atoms with Crippen LogP contribution in [0.1, 0.15) is 26.2 Å². The Labute approximate surface area is 89.4 Å². The molecule has 0 aliphatic carbocycles. The standard InChI is InChI=1S/C10H18N2OS/c1-10(4-5-11-9(13)12-10)8-2-6-14-7-3-8/h8H,2-7H2,1H3,(H2,11,12,13). The molecule has 2 amide bonds. The Morgan fingerprint density at radius 3 is 2.79 bits per heavy atom. The largest absolute Gasteiger partial charge is 0.338 e. The molecule has 2 aliphatic heterocycles. The van der Waals surface area contributed by atoms with Crippen molar-refractivity contribution in [2.45, 2.75) is 31.7 Å². The fourth-order valence-corrected chi connectivity index (χ4v) is 3.55. The molecule has 0 aromatic rings. The molecule has 2 heterocycles. The van der Waals surface area contributed by atoms with Gasteiger partial charge in [-0.25, -0.2) is 4.79 Å². The zero-order valence-electron chi connectivity index (χ0n) is 8.64.